The molecule has 0 aliphatic rings. The number of rotatable bonds is 9. The van der Waals surface area contributed by atoms with Crippen molar-refractivity contribution in [3.05, 3.63) is 118 Å². The second-order valence-electron chi connectivity index (χ2n) is 9.72. The van der Waals surface area contributed by atoms with E-state index >= 15 is 0 Å². The fourth-order valence-electron chi connectivity index (χ4n) is 4.81. The van der Waals surface area contributed by atoms with Gasteiger partial charge in [-0.1, -0.05) is 77.8 Å². The number of nitrogens with zero attached hydrogens (tertiary/aromatic N) is 1. The van der Waals surface area contributed by atoms with E-state index in [1.54, 1.807) is 50.2 Å². The Morgan fingerprint density at radius 1 is 0.800 bits per heavy atom. The first kappa shape index (κ1) is 29.6. The minimum atomic E-state index is -4.78. The highest BCUT2D eigenvalue weighted by molar-refractivity contribution is 7.89. The second kappa shape index (κ2) is 12.0. The summed E-state index contributed by atoms with van der Waals surface area (Å²) < 4.78 is 71.5. The largest absolute Gasteiger partial charge is 0.573 e. The second-order valence-corrected chi connectivity index (χ2v) is 12.0. The Bertz CT molecular complexity index is 1580. The highest BCUT2D eigenvalue weighted by atomic mass is 35.5. The van der Waals surface area contributed by atoms with Crippen molar-refractivity contribution in [1.82, 2.24) is 4.31 Å². The number of ether oxygens (including phenoxy) is 1. The van der Waals surface area contributed by atoms with Crippen LogP contribution in [0.2, 0.25) is 5.02 Å². The molecule has 0 radical (unpaired) electrons. The summed E-state index contributed by atoms with van der Waals surface area (Å²) in [6.07, 6.45) is -4.31. The van der Waals surface area contributed by atoms with E-state index in [2.05, 4.69) is 4.74 Å². The SMILES string of the molecule is Cc1cc(C)c(S(=O)(=O)N(CCc2cccc(Cl)c2)Cc2ccc(-c3cccc(OC(F)(F)F)c3)cc2)c(C)c1. The van der Waals surface area contributed by atoms with Crippen molar-refractivity contribution in [2.45, 2.75) is 45.0 Å². The Hall–Kier alpha value is -3.33. The van der Waals surface area contributed by atoms with Gasteiger partial charge >= 0.3 is 6.36 Å². The lowest BCUT2D eigenvalue weighted by Crippen LogP contribution is -2.33. The summed E-state index contributed by atoms with van der Waals surface area (Å²) in [4.78, 5) is 0.294. The molecule has 0 aromatic heterocycles. The molecule has 0 N–H and O–H groups in total. The van der Waals surface area contributed by atoms with Crippen molar-refractivity contribution >= 4 is 21.6 Å². The van der Waals surface area contributed by atoms with Gasteiger partial charge in [-0.05, 0) is 84.8 Å². The zero-order valence-corrected chi connectivity index (χ0v) is 23.9. The molecule has 0 atom stereocenters. The van der Waals surface area contributed by atoms with E-state index < -0.39 is 16.4 Å². The fraction of sp³-hybridized carbons (Fsp3) is 0.226. The normalized spacial score (nSPS) is 12.1. The predicted octanol–water partition coefficient (Wildman–Crippen LogP) is 8.26. The average Bonchev–Trinajstić information content (AvgIpc) is 2.85. The van der Waals surface area contributed by atoms with E-state index in [0.29, 0.717) is 38.6 Å². The molecule has 40 heavy (non-hydrogen) atoms. The first-order chi connectivity index (χ1) is 18.8. The third-order valence-corrected chi connectivity index (χ3v) is 8.84. The van der Waals surface area contributed by atoms with Gasteiger partial charge < -0.3 is 4.74 Å². The third-order valence-electron chi connectivity index (χ3n) is 6.46. The van der Waals surface area contributed by atoms with Crippen molar-refractivity contribution in [2.75, 3.05) is 6.54 Å². The van der Waals surface area contributed by atoms with Crippen LogP contribution in [0.4, 0.5) is 13.2 Å². The molecule has 0 saturated heterocycles. The van der Waals surface area contributed by atoms with Crippen LogP contribution in [0.3, 0.4) is 0 Å². The summed E-state index contributed by atoms with van der Waals surface area (Å²) in [6.45, 7) is 5.88. The molecule has 4 aromatic rings. The molecule has 4 aromatic carbocycles. The standard InChI is InChI=1S/C31H29ClF3NO3S/c1-21-16-22(2)30(23(3)17-21)40(37,38)36(15-14-24-6-4-8-28(32)18-24)20-25-10-12-26(13-11-25)27-7-5-9-29(19-27)39-31(33,34)35/h4-13,16-19H,14-15,20H2,1-3H3. The zero-order valence-electron chi connectivity index (χ0n) is 22.3. The van der Waals surface area contributed by atoms with Crippen LogP contribution in [0.1, 0.15) is 27.8 Å². The van der Waals surface area contributed by atoms with E-state index in [1.807, 2.05) is 37.3 Å². The average molecular weight is 588 g/mol. The summed E-state index contributed by atoms with van der Waals surface area (Å²) in [7, 11) is -3.87. The van der Waals surface area contributed by atoms with Crippen LogP contribution in [0.25, 0.3) is 11.1 Å². The van der Waals surface area contributed by atoms with Gasteiger partial charge in [0.1, 0.15) is 5.75 Å². The number of alkyl halides is 3. The summed E-state index contributed by atoms with van der Waals surface area (Å²) in [5, 5.41) is 0.581. The molecular formula is C31H29ClF3NO3S. The lowest BCUT2D eigenvalue weighted by molar-refractivity contribution is -0.274. The molecule has 0 aliphatic carbocycles. The van der Waals surface area contributed by atoms with Gasteiger partial charge in [0.05, 0.1) is 4.90 Å². The van der Waals surface area contributed by atoms with Gasteiger partial charge in [-0.3, -0.25) is 0 Å². The van der Waals surface area contributed by atoms with Gasteiger partial charge in [0.25, 0.3) is 0 Å². The van der Waals surface area contributed by atoms with Gasteiger partial charge in [0.15, 0.2) is 0 Å². The molecular weight excluding hydrogens is 559 g/mol. The van der Waals surface area contributed by atoms with Gasteiger partial charge in [-0.25, -0.2) is 8.42 Å². The van der Waals surface area contributed by atoms with Crippen LogP contribution >= 0.6 is 11.6 Å². The predicted molar refractivity (Wildman–Crippen MR) is 152 cm³/mol. The Morgan fingerprint density at radius 3 is 2.08 bits per heavy atom. The molecule has 0 unspecified atom stereocenters. The molecule has 0 spiro atoms. The summed E-state index contributed by atoms with van der Waals surface area (Å²) in [6, 6.07) is 23.8. The van der Waals surface area contributed by atoms with Crippen molar-refractivity contribution in [3.63, 3.8) is 0 Å². The summed E-state index contributed by atoms with van der Waals surface area (Å²) >= 11 is 6.14. The van der Waals surface area contributed by atoms with E-state index in [-0.39, 0.29) is 18.8 Å². The maximum Gasteiger partial charge on any atom is 0.573 e. The van der Waals surface area contributed by atoms with Crippen LogP contribution in [0.15, 0.2) is 89.8 Å². The van der Waals surface area contributed by atoms with E-state index in [4.69, 9.17) is 11.6 Å². The molecule has 4 nitrogen and oxygen atoms in total. The van der Waals surface area contributed by atoms with Gasteiger partial charge in [0.2, 0.25) is 10.0 Å². The fourth-order valence-corrected chi connectivity index (χ4v) is 6.87. The number of hydrogen-bond donors (Lipinski definition) is 0. The molecule has 0 aliphatic heterocycles. The maximum atomic E-state index is 14.0. The highest BCUT2D eigenvalue weighted by Gasteiger charge is 2.31. The zero-order chi connectivity index (χ0) is 29.1. The number of aryl methyl sites for hydroxylation is 3. The monoisotopic (exact) mass is 587 g/mol. The molecule has 0 fully saturated rings. The summed E-state index contributed by atoms with van der Waals surface area (Å²) in [5.41, 5.74) is 5.23. The Labute approximate surface area is 238 Å². The highest BCUT2D eigenvalue weighted by Crippen LogP contribution is 2.30. The summed E-state index contributed by atoms with van der Waals surface area (Å²) in [5.74, 6) is -0.309. The van der Waals surface area contributed by atoms with Crippen LogP contribution in [0, 0.1) is 20.8 Å². The van der Waals surface area contributed by atoms with Crippen molar-refractivity contribution < 1.29 is 26.3 Å². The van der Waals surface area contributed by atoms with Gasteiger partial charge in [-0.2, -0.15) is 4.31 Å². The Balaban J connectivity index is 1.63. The van der Waals surface area contributed by atoms with Crippen molar-refractivity contribution in [2.24, 2.45) is 0 Å². The Morgan fingerprint density at radius 2 is 1.45 bits per heavy atom. The number of benzene rings is 4. The molecule has 4 rings (SSSR count). The van der Waals surface area contributed by atoms with Crippen molar-refractivity contribution in [3.8, 4) is 16.9 Å². The molecule has 0 bridgehead atoms. The van der Waals surface area contributed by atoms with Gasteiger partial charge in [0, 0.05) is 18.1 Å². The lowest BCUT2D eigenvalue weighted by Gasteiger charge is -2.25. The van der Waals surface area contributed by atoms with Crippen molar-refractivity contribution in [1.29, 1.82) is 0 Å². The minimum absolute atomic E-state index is 0.118. The molecule has 0 saturated carbocycles. The first-order valence-electron chi connectivity index (χ1n) is 12.6. The number of hydrogen-bond acceptors (Lipinski definition) is 3. The first-order valence-corrected chi connectivity index (χ1v) is 14.4. The third kappa shape index (κ3) is 7.44. The maximum absolute atomic E-state index is 14.0. The number of halogens is 4. The topological polar surface area (TPSA) is 46.6 Å². The molecule has 9 heteroatoms. The van der Waals surface area contributed by atoms with Crippen LogP contribution in [-0.2, 0) is 23.0 Å². The van der Waals surface area contributed by atoms with E-state index in [9.17, 15) is 21.6 Å². The van der Waals surface area contributed by atoms with Crippen LogP contribution in [0.5, 0.6) is 5.75 Å². The lowest BCUT2D eigenvalue weighted by atomic mass is 10.0. The molecule has 210 valence electrons. The quantitative estimate of drug-likeness (QED) is 0.198. The molecule has 0 amide bonds. The van der Waals surface area contributed by atoms with Crippen LogP contribution < -0.4 is 4.74 Å². The Kier molecular flexibility index (Phi) is 8.93. The van der Waals surface area contributed by atoms with E-state index in [1.165, 1.54) is 22.5 Å². The number of sulfonamides is 1. The smallest absolute Gasteiger partial charge is 0.406 e. The minimum Gasteiger partial charge on any atom is -0.406 e. The van der Waals surface area contributed by atoms with Crippen LogP contribution in [-0.4, -0.2) is 25.6 Å². The molecule has 0 heterocycles. The van der Waals surface area contributed by atoms with E-state index in [0.717, 1.165) is 16.7 Å². The van der Waals surface area contributed by atoms with Gasteiger partial charge in [-0.15, -0.1) is 13.2 Å².